The number of carboxylic acid groups (broad SMARTS) is 1. The summed E-state index contributed by atoms with van der Waals surface area (Å²) in [6, 6.07) is 3.98. The number of hydrogen-bond donors (Lipinski definition) is 5. The number of amides is 6. The molecule has 254 valence electrons. The zero-order valence-corrected chi connectivity index (χ0v) is 25.0. The molecule has 2 aliphatic rings. The monoisotopic (exact) mass is 675 g/mol. The molecule has 0 saturated carbocycles. The van der Waals surface area contributed by atoms with Crippen LogP contribution in [0.15, 0.2) is 53.6 Å². The molecule has 0 aliphatic carbocycles. The third kappa shape index (κ3) is 7.51. The summed E-state index contributed by atoms with van der Waals surface area (Å²) in [6.45, 7) is 2.16. The van der Waals surface area contributed by atoms with Gasteiger partial charge in [0.05, 0.1) is 23.0 Å². The Bertz CT molecular complexity index is 1710. The first-order chi connectivity index (χ1) is 22.8. The van der Waals surface area contributed by atoms with E-state index in [4.69, 9.17) is 14.3 Å². The second-order valence-electron chi connectivity index (χ2n) is 10.2. The predicted molar refractivity (Wildman–Crippen MR) is 155 cm³/mol. The summed E-state index contributed by atoms with van der Waals surface area (Å²) in [6.07, 6.45) is 0.615. The van der Waals surface area contributed by atoms with E-state index in [0.29, 0.717) is 12.2 Å². The lowest BCUT2D eigenvalue weighted by atomic mass is 10.0. The second-order valence-corrected chi connectivity index (χ2v) is 10.2. The number of benzene rings is 1. The van der Waals surface area contributed by atoms with Crippen LogP contribution < -0.4 is 16.0 Å². The Labute approximate surface area is 268 Å². The van der Waals surface area contributed by atoms with Gasteiger partial charge in [-0.05, 0) is 31.5 Å². The molecule has 0 spiro atoms. The van der Waals surface area contributed by atoms with Crippen LogP contribution in [0.2, 0.25) is 0 Å². The van der Waals surface area contributed by atoms with Crippen molar-refractivity contribution < 1.29 is 56.3 Å². The van der Waals surface area contributed by atoms with Crippen LogP contribution in [0.25, 0.3) is 0 Å². The lowest BCUT2D eigenvalue weighted by Crippen LogP contribution is -2.54. The maximum absolute atomic E-state index is 13.5. The number of hydrogen-bond acceptors (Lipinski definition) is 10. The lowest BCUT2D eigenvalue weighted by Gasteiger charge is -2.30. The third-order valence-corrected chi connectivity index (χ3v) is 7.10. The number of aliphatic carboxylic acids is 1. The third-order valence-electron chi connectivity index (χ3n) is 7.10. The van der Waals surface area contributed by atoms with Crippen LogP contribution >= 0.6 is 0 Å². The molecule has 6 amide bonds. The number of imidazole rings is 1. The minimum Gasteiger partial charge on any atom is -0.475 e. The molecule has 48 heavy (non-hydrogen) atoms. The van der Waals surface area contributed by atoms with Crippen LogP contribution in [0.5, 0.6) is 0 Å². The highest BCUT2D eigenvalue weighted by molar-refractivity contribution is 6.25. The Morgan fingerprint density at radius 1 is 1.17 bits per heavy atom. The van der Waals surface area contributed by atoms with Crippen LogP contribution in [-0.4, -0.2) is 98.1 Å². The molecule has 16 nitrogen and oxygen atoms in total. The van der Waals surface area contributed by atoms with E-state index in [1.165, 1.54) is 35.8 Å². The molecule has 2 unspecified atom stereocenters. The number of piperidine rings is 1. The van der Waals surface area contributed by atoms with Crippen molar-refractivity contribution in [3.8, 4) is 0 Å². The molecule has 5 rings (SSSR count). The van der Waals surface area contributed by atoms with E-state index in [2.05, 4.69) is 25.9 Å². The van der Waals surface area contributed by atoms with E-state index in [-0.39, 0.29) is 48.4 Å². The summed E-state index contributed by atoms with van der Waals surface area (Å²) in [7, 11) is 0. The van der Waals surface area contributed by atoms with Crippen molar-refractivity contribution in [2.24, 2.45) is 0 Å². The minimum atomic E-state index is -5.08. The Morgan fingerprint density at radius 2 is 1.90 bits per heavy atom. The normalized spacial score (nSPS) is 16.3. The highest BCUT2D eigenvalue weighted by atomic mass is 19.4. The molecule has 0 radical (unpaired) electrons. The van der Waals surface area contributed by atoms with Crippen molar-refractivity contribution in [1.29, 1.82) is 0 Å². The second kappa shape index (κ2) is 14.6. The largest absolute Gasteiger partial charge is 0.490 e. The number of rotatable bonds is 10. The van der Waals surface area contributed by atoms with Crippen LogP contribution in [0.3, 0.4) is 0 Å². The average molecular weight is 676 g/mol. The molecular weight excluding hydrogens is 647 g/mol. The van der Waals surface area contributed by atoms with Gasteiger partial charge in [0.2, 0.25) is 11.8 Å². The Balaban J connectivity index is 0.000000671. The van der Waals surface area contributed by atoms with Crippen molar-refractivity contribution in [2.75, 3.05) is 25.0 Å². The molecule has 0 bridgehead atoms. The lowest BCUT2D eigenvalue weighted by molar-refractivity contribution is -0.192. The van der Waals surface area contributed by atoms with E-state index < -0.39 is 59.7 Å². The first-order valence-corrected chi connectivity index (χ1v) is 14.2. The first-order valence-electron chi connectivity index (χ1n) is 14.2. The Kier molecular flexibility index (Phi) is 10.6. The molecule has 19 heteroatoms. The highest BCUT2D eigenvalue weighted by Crippen LogP contribution is 2.32. The smallest absolute Gasteiger partial charge is 0.475 e. The van der Waals surface area contributed by atoms with Crippen molar-refractivity contribution >= 4 is 47.1 Å². The standard InChI is InChI=1S/C27H27N7O7.C2HF3O2/c1-2-28-24(37)21(22-30-9-10-31-22)33(25(38)15-8-13-41-14-15)12-11-29-17-5-3-4-16-20(17)27(40)34(26(16)39)18-6-7-19(35)32-23(18)36;3-2(4,5)1(6)7/h3-5,8-10,13-14,18,21,29H,2,6-7,11-12H2,1H3,(H,28,37)(H,30,31)(H,32,35,36);(H,6,7). The first kappa shape index (κ1) is 34.9. The van der Waals surface area contributed by atoms with Gasteiger partial charge in [-0.25, -0.2) is 9.78 Å². The number of aromatic nitrogens is 2. The van der Waals surface area contributed by atoms with Crippen molar-refractivity contribution in [2.45, 2.75) is 38.0 Å². The number of furan rings is 1. The number of H-pyrrole nitrogens is 1. The molecule has 2 aromatic heterocycles. The van der Waals surface area contributed by atoms with Gasteiger partial charge >= 0.3 is 12.1 Å². The number of anilines is 1. The molecular formula is C29H28F3N7O9. The van der Waals surface area contributed by atoms with E-state index in [1.807, 2.05) is 0 Å². The van der Waals surface area contributed by atoms with Gasteiger partial charge < -0.3 is 30.0 Å². The van der Waals surface area contributed by atoms with E-state index in [0.717, 1.165) is 4.90 Å². The summed E-state index contributed by atoms with van der Waals surface area (Å²) in [4.78, 5) is 95.3. The zero-order valence-electron chi connectivity index (χ0n) is 25.0. The van der Waals surface area contributed by atoms with Gasteiger partial charge in [0.25, 0.3) is 23.6 Å². The van der Waals surface area contributed by atoms with Crippen molar-refractivity contribution in [3.63, 3.8) is 0 Å². The fourth-order valence-corrected chi connectivity index (χ4v) is 4.98. The number of aromatic amines is 1. The molecule has 5 N–H and O–H groups in total. The maximum Gasteiger partial charge on any atom is 0.490 e. The molecule has 2 aliphatic heterocycles. The van der Waals surface area contributed by atoms with Crippen LogP contribution in [0, 0.1) is 0 Å². The van der Waals surface area contributed by atoms with Crippen molar-refractivity contribution in [3.05, 3.63) is 71.7 Å². The topological polar surface area (TPSA) is 224 Å². The summed E-state index contributed by atoms with van der Waals surface area (Å²) in [5.74, 6) is -5.88. The molecule has 1 fully saturated rings. The van der Waals surface area contributed by atoms with Gasteiger partial charge in [0, 0.05) is 44.1 Å². The van der Waals surface area contributed by atoms with E-state index in [9.17, 15) is 41.9 Å². The Hall–Kier alpha value is -6.01. The molecule has 4 heterocycles. The minimum absolute atomic E-state index is 0.00479. The molecule has 2 atom stereocenters. The number of carboxylic acids is 1. The SMILES string of the molecule is CCNC(=O)C(c1ncc[nH]1)N(CCNc1cccc2c1C(=O)N(C1CCC(=O)NC1=O)C2=O)C(=O)c1ccoc1.O=C(O)C(F)(F)F. The molecule has 1 aromatic carbocycles. The Morgan fingerprint density at radius 3 is 2.48 bits per heavy atom. The number of likely N-dealkylation sites (N-methyl/N-ethyl adjacent to an activating group) is 1. The fourth-order valence-electron chi connectivity index (χ4n) is 4.98. The fraction of sp³-hybridized carbons (Fsp3) is 0.310. The van der Waals surface area contributed by atoms with Crippen LogP contribution in [-0.2, 0) is 19.2 Å². The number of fused-ring (bicyclic) bond motifs is 1. The molecule has 1 saturated heterocycles. The van der Waals surface area contributed by atoms with Gasteiger partial charge in [0.1, 0.15) is 18.1 Å². The average Bonchev–Trinajstić information content (AvgIpc) is 3.80. The van der Waals surface area contributed by atoms with Gasteiger partial charge in [-0.1, -0.05) is 6.07 Å². The van der Waals surface area contributed by atoms with Crippen LogP contribution in [0.1, 0.15) is 62.7 Å². The number of carbonyl (C=O) groups excluding carboxylic acids is 6. The summed E-state index contributed by atoms with van der Waals surface area (Å²) >= 11 is 0. The number of alkyl halides is 3. The summed E-state index contributed by atoms with van der Waals surface area (Å²) in [5, 5.41) is 15.1. The van der Waals surface area contributed by atoms with Gasteiger partial charge in [-0.3, -0.25) is 39.0 Å². The maximum atomic E-state index is 13.5. The van der Waals surface area contributed by atoms with Gasteiger partial charge in [-0.15, -0.1) is 0 Å². The zero-order chi connectivity index (χ0) is 35.2. The van der Waals surface area contributed by atoms with Gasteiger partial charge in [-0.2, -0.15) is 13.2 Å². The number of nitrogens with one attached hydrogen (secondary N) is 4. The molecule has 3 aromatic rings. The number of imide groups is 2. The number of carbonyl (C=O) groups is 7. The predicted octanol–water partition coefficient (Wildman–Crippen LogP) is 1.47. The van der Waals surface area contributed by atoms with Crippen molar-refractivity contribution in [1.82, 2.24) is 30.4 Å². The highest BCUT2D eigenvalue weighted by Gasteiger charge is 2.45. The quantitative estimate of drug-likeness (QED) is 0.194. The van der Waals surface area contributed by atoms with E-state index >= 15 is 0 Å². The van der Waals surface area contributed by atoms with E-state index in [1.54, 1.807) is 25.3 Å². The van der Waals surface area contributed by atoms with Crippen LogP contribution in [0.4, 0.5) is 18.9 Å². The summed E-state index contributed by atoms with van der Waals surface area (Å²) in [5.41, 5.74) is 0.749. The number of halogens is 3. The number of nitrogens with zero attached hydrogens (tertiary/aromatic N) is 3. The summed E-state index contributed by atoms with van der Waals surface area (Å²) < 4.78 is 36.8. The van der Waals surface area contributed by atoms with Gasteiger partial charge in [0.15, 0.2) is 6.04 Å².